The number of aryl methyl sites for hydroxylation is 1. The summed E-state index contributed by atoms with van der Waals surface area (Å²) in [6.45, 7) is 6.38. The van der Waals surface area contributed by atoms with Crippen molar-refractivity contribution in [1.29, 1.82) is 0 Å². The second-order valence-electron chi connectivity index (χ2n) is 5.64. The van der Waals surface area contributed by atoms with Crippen molar-refractivity contribution in [3.63, 3.8) is 0 Å². The van der Waals surface area contributed by atoms with E-state index >= 15 is 0 Å². The van der Waals surface area contributed by atoms with Gasteiger partial charge >= 0.3 is 0 Å². The summed E-state index contributed by atoms with van der Waals surface area (Å²) in [5.74, 6) is 0. The molecule has 2 atom stereocenters. The molecule has 0 amide bonds. The van der Waals surface area contributed by atoms with Gasteiger partial charge in [-0.2, -0.15) is 0 Å². The smallest absolute Gasteiger partial charge is 0.0593 e. The molecular weight excluding hydrogens is 234 g/mol. The van der Waals surface area contributed by atoms with E-state index in [4.69, 9.17) is 4.74 Å². The maximum absolute atomic E-state index is 5.89. The van der Waals surface area contributed by atoms with E-state index in [0.717, 1.165) is 19.6 Å². The van der Waals surface area contributed by atoms with Crippen LogP contribution < -0.4 is 5.32 Å². The van der Waals surface area contributed by atoms with Crippen LogP contribution in [0.4, 0.5) is 0 Å². The van der Waals surface area contributed by atoms with Crippen molar-refractivity contribution in [2.24, 2.45) is 0 Å². The molecule has 106 valence electrons. The number of rotatable bonds is 6. The standard InChI is InChI=1S/C17H27NO/c1-3-11-18-17(13-16-6-4-5-12-19-16)15-9-7-14(2)8-10-15/h7-10,16-18H,3-6,11-13H2,1-2H3. The average molecular weight is 261 g/mol. The van der Waals surface area contributed by atoms with E-state index in [1.807, 2.05) is 0 Å². The Labute approximate surface area is 117 Å². The Morgan fingerprint density at radius 2 is 2.05 bits per heavy atom. The number of ether oxygens (including phenoxy) is 1. The van der Waals surface area contributed by atoms with Gasteiger partial charge in [-0.05, 0) is 51.1 Å². The fourth-order valence-electron chi connectivity index (χ4n) is 2.71. The molecule has 1 heterocycles. The van der Waals surface area contributed by atoms with Crippen molar-refractivity contribution in [3.05, 3.63) is 35.4 Å². The molecule has 1 aromatic carbocycles. The van der Waals surface area contributed by atoms with Crippen molar-refractivity contribution in [2.75, 3.05) is 13.2 Å². The fourth-order valence-corrected chi connectivity index (χ4v) is 2.71. The van der Waals surface area contributed by atoms with E-state index in [1.165, 1.54) is 36.8 Å². The summed E-state index contributed by atoms with van der Waals surface area (Å²) >= 11 is 0. The fraction of sp³-hybridized carbons (Fsp3) is 0.647. The molecule has 1 aliphatic heterocycles. The van der Waals surface area contributed by atoms with Crippen LogP contribution in [0.15, 0.2) is 24.3 Å². The monoisotopic (exact) mass is 261 g/mol. The normalized spacial score (nSPS) is 21.3. The topological polar surface area (TPSA) is 21.3 Å². The molecule has 1 aliphatic rings. The summed E-state index contributed by atoms with van der Waals surface area (Å²) in [6.07, 6.45) is 6.48. The molecule has 0 spiro atoms. The van der Waals surface area contributed by atoms with Crippen LogP contribution >= 0.6 is 0 Å². The lowest BCUT2D eigenvalue weighted by molar-refractivity contribution is 0.00505. The summed E-state index contributed by atoms with van der Waals surface area (Å²) in [7, 11) is 0. The molecule has 0 aromatic heterocycles. The molecule has 0 radical (unpaired) electrons. The third-order valence-corrected chi connectivity index (χ3v) is 3.89. The second-order valence-corrected chi connectivity index (χ2v) is 5.64. The molecule has 0 saturated carbocycles. The first kappa shape index (κ1) is 14.5. The van der Waals surface area contributed by atoms with Gasteiger partial charge in [-0.1, -0.05) is 36.8 Å². The van der Waals surface area contributed by atoms with Crippen LogP contribution in [0.3, 0.4) is 0 Å². The summed E-state index contributed by atoms with van der Waals surface area (Å²) in [5.41, 5.74) is 2.72. The molecule has 2 rings (SSSR count). The summed E-state index contributed by atoms with van der Waals surface area (Å²) < 4.78 is 5.89. The SMILES string of the molecule is CCCNC(CC1CCCCO1)c1ccc(C)cc1. The van der Waals surface area contributed by atoms with Crippen LogP contribution in [0, 0.1) is 6.92 Å². The molecule has 1 saturated heterocycles. The van der Waals surface area contributed by atoms with Gasteiger partial charge in [0.15, 0.2) is 0 Å². The van der Waals surface area contributed by atoms with Gasteiger partial charge in [0.05, 0.1) is 6.10 Å². The zero-order valence-corrected chi connectivity index (χ0v) is 12.3. The molecule has 1 aromatic rings. The molecule has 19 heavy (non-hydrogen) atoms. The molecule has 1 fully saturated rings. The minimum absolute atomic E-state index is 0.434. The Balaban J connectivity index is 1.99. The molecule has 2 heteroatoms. The molecule has 1 N–H and O–H groups in total. The van der Waals surface area contributed by atoms with Gasteiger partial charge in [0, 0.05) is 12.6 Å². The molecule has 2 nitrogen and oxygen atoms in total. The minimum Gasteiger partial charge on any atom is -0.378 e. The molecule has 0 aliphatic carbocycles. The second kappa shape index (κ2) is 7.66. The highest BCUT2D eigenvalue weighted by molar-refractivity contribution is 5.24. The first-order valence-corrected chi connectivity index (χ1v) is 7.71. The summed E-state index contributed by atoms with van der Waals surface area (Å²) in [5, 5.41) is 3.67. The maximum Gasteiger partial charge on any atom is 0.0593 e. The Hall–Kier alpha value is -0.860. The first-order valence-electron chi connectivity index (χ1n) is 7.71. The van der Waals surface area contributed by atoms with Gasteiger partial charge < -0.3 is 10.1 Å². The van der Waals surface area contributed by atoms with Crippen LogP contribution in [0.25, 0.3) is 0 Å². The largest absolute Gasteiger partial charge is 0.378 e. The Kier molecular flexibility index (Phi) is 5.87. The van der Waals surface area contributed by atoms with Gasteiger partial charge in [-0.25, -0.2) is 0 Å². The van der Waals surface area contributed by atoms with Crippen molar-refractivity contribution in [3.8, 4) is 0 Å². The van der Waals surface area contributed by atoms with Crippen molar-refractivity contribution >= 4 is 0 Å². The molecule has 0 bridgehead atoms. The zero-order valence-electron chi connectivity index (χ0n) is 12.3. The number of nitrogens with one attached hydrogen (secondary N) is 1. The lowest BCUT2D eigenvalue weighted by Gasteiger charge is -2.28. The highest BCUT2D eigenvalue weighted by Crippen LogP contribution is 2.25. The van der Waals surface area contributed by atoms with E-state index in [2.05, 4.69) is 43.4 Å². The van der Waals surface area contributed by atoms with E-state index < -0.39 is 0 Å². The highest BCUT2D eigenvalue weighted by atomic mass is 16.5. The van der Waals surface area contributed by atoms with Crippen LogP contribution in [0.5, 0.6) is 0 Å². The van der Waals surface area contributed by atoms with Gasteiger partial charge in [-0.15, -0.1) is 0 Å². The van der Waals surface area contributed by atoms with E-state index in [9.17, 15) is 0 Å². The number of hydrogen-bond donors (Lipinski definition) is 1. The predicted octanol–water partition coefficient (Wildman–Crippen LogP) is 3.99. The van der Waals surface area contributed by atoms with E-state index in [-0.39, 0.29) is 0 Å². The van der Waals surface area contributed by atoms with Gasteiger partial charge in [-0.3, -0.25) is 0 Å². The lowest BCUT2D eigenvalue weighted by atomic mass is 9.96. The maximum atomic E-state index is 5.89. The van der Waals surface area contributed by atoms with Crippen molar-refractivity contribution in [1.82, 2.24) is 5.32 Å². The van der Waals surface area contributed by atoms with Crippen LogP contribution in [-0.2, 0) is 4.74 Å². The Morgan fingerprint density at radius 3 is 2.68 bits per heavy atom. The number of benzene rings is 1. The predicted molar refractivity (Wildman–Crippen MR) is 80.4 cm³/mol. The lowest BCUT2D eigenvalue weighted by Crippen LogP contribution is -2.29. The van der Waals surface area contributed by atoms with Gasteiger partial charge in [0.25, 0.3) is 0 Å². The summed E-state index contributed by atoms with van der Waals surface area (Å²) in [4.78, 5) is 0. The minimum atomic E-state index is 0.434. The third-order valence-electron chi connectivity index (χ3n) is 3.89. The molecular formula is C17H27NO. The van der Waals surface area contributed by atoms with E-state index in [0.29, 0.717) is 12.1 Å². The van der Waals surface area contributed by atoms with E-state index in [1.54, 1.807) is 0 Å². The van der Waals surface area contributed by atoms with Crippen molar-refractivity contribution in [2.45, 2.75) is 58.1 Å². The van der Waals surface area contributed by atoms with Crippen molar-refractivity contribution < 1.29 is 4.74 Å². The number of hydrogen-bond acceptors (Lipinski definition) is 2. The zero-order chi connectivity index (χ0) is 13.5. The van der Waals surface area contributed by atoms with Gasteiger partial charge in [0.2, 0.25) is 0 Å². The average Bonchev–Trinajstić information content (AvgIpc) is 2.45. The first-order chi connectivity index (χ1) is 9.29. The van der Waals surface area contributed by atoms with Crippen LogP contribution in [-0.4, -0.2) is 19.3 Å². The Bertz CT molecular complexity index is 354. The highest BCUT2D eigenvalue weighted by Gasteiger charge is 2.20. The Morgan fingerprint density at radius 1 is 1.26 bits per heavy atom. The van der Waals surface area contributed by atoms with Crippen LogP contribution in [0.2, 0.25) is 0 Å². The van der Waals surface area contributed by atoms with Crippen LogP contribution in [0.1, 0.15) is 56.2 Å². The quantitative estimate of drug-likeness (QED) is 0.836. The summed E-state index contributed by atoms with van der Waals surface area (Å²) in [6, 6.07) is 9.36. The third kappa shape index (κ3) is 4.63. The molecule has 2 unspecified atom stereocenters. The van der Waals surface area contributed by atoms with Gasteiger partial charge in [0.1, 0.15) is 0 Å².